The highest BCUT2D eigenvalue weighted by Crippen LogP contribution is 2.17. The molecule has 3 amide bonds. The van der Waals surface area contributed by atoms with Crippen LogP contribution in [0.4, 0.5) is 10.5 Å². The Bertz CT molecular complexity index is 606. The molecule has 0 aliphatic heterocycles. The highest BCUT2D eigenvalue weighted by molar-refractivity contribution is 5.96. The van der Waals surface area contributed by atoms with Gasteiger partial charge in [-0.3, -0.25) is 10.1 Å². The van der Waals surface area contributed by atoms with Crippen molar-refractivity contribution in [1.29, 1.82) is 0 Å². The molecule has 0 aliphatic carbocycles. The third-order valence-electron chi connectivity index (χ3n) is 2.84. The summed E-state index contributed by atoms with van der Waals surface area (Å²) in [5, 5.41) is 7.76. The second-order valence-corrected chi connectivity index (χ2v) is 6.13. The smallest absolute Gasteiger partial charge is 0.337 e. The van der Waals surface area contributed by atoms with Crippen LogP contribution in [0, 0.1) is 6.92 Å². The molecular weight excluding hydrogens is 298 g/mol. The van der Waals surface area contributed by atoms with E-state index in [0.29, 0.717) is 11.3 Å². The molecule has 0 aliphatic rings. The number of benzene rings is 1. The van der Waals surface area contributed by atoms with Crippen molar-refractivity contribution in [3.63, 3.8) is 0 Å². The van der Waals surface area contributed by atoms with Gasteiger partial charge in [-0.25, -0.2) is 9.59 Å². The largest absolute Gasteiger partial charge is 0.465 e. The van der Waals surface area contributed by atoms with Crippen LogP contribution < -0.4 is 16.0 Å². The lowest BCUT2D eigenvalue weighted by molar-refractivity contribution is -0.118. The molecule has 126 valence electrons. The number of rotatable bonds is 4. The number of urea groups is 1. The van der Waals surface area contributed by atoms with Crippen molar-refractivity contribution in [2.75, 3.05) is 19.0 Å². The van der Waals surface area contributed by atoms with Crippen LogP contribution in [0.2, 0.25) is 0 Å². The molecule has 0 fully saturated rings. The van der Waals surface area contributed by atoms with Gasteiger partial charge in [0, 0.05) is 11.2 Å². The molecule has 3 N–H and O–H groups in total. The summed E-state index contributed by atoms with van der Waals surface area (Å²) in [5.41, 5.74) is 1.44. The monoisotopic (exact) mass is 321 g/mol. The molecule has 0 bridgehead atoms. The minimum atomic E-state index is -0.552. The van der Waals surface area contributed by atoms with Crippen LogP contribution >= 0.6 is 0 Å². The third kappa shape index (κ3) is 6.37. The molecule has 0 radical (unpaired) electrons. The van der Waals surface area contributed by atoms with Gasteiger partial charge in [-0.15, -0.1) is 0 Å². The number of anilines is 1. The van der Waals surface area contributed by atoms with Gasteiger partial charge < -0.3 is 15.4 Å². The number of imide groups is 1. The molecule has 0 spiro atoms. The van der Waals surface area contributed by atoms with Crippen LogP contribution in [0.25, 0.3) is 0 Å². The topological polar surface area (TPSA) is 96.5 Å². The van der Waals surface area contributed by atoms with Crippen molar-refractivity contribution in [1.82, 2.24) is 10.6 Å². The SMILES string of the molecule is COC(=O)c1ccc(C)c(NCC(=O)NC(=O)NC(C)(C)C)c1. The summed E-state index contributed by atoms with van der Waals surface area (Å²) in [5.74, 6) is -0.934. The Kier molecular flexibility index (Phi) is 6.12. The van der Waals surface area contributed by atoms with Crippen molar-refractivity contribution in [3.05, 3.63) is 29.3 Å². The predicted octanol–water partition coefficient (Wildman–Crippen LogP) is 1.82. The molecule has 0 atom stereocenters. The van der Waals surface area contributed by atoms with Crippen molar-refractivity contribution in [2.45, 2.75) is 33.2 Å². The van der Waals surface area contributed by atoms with E-state index in [1.165, 1.54) is 7.11 Å². The number of hydrogen-bond acceptors (Lipinski definition) is 5. The number of aryl methyl sites for hydroxylation is 1. The van der Waals surface area contributed by atoms with E-state index in [-0.39, 0.29) is 6.54 Å². The standard InChI is InChI=1S/C16H23N3O4/c1-10-6-7-11(14(21)23-5)8-12(10)17-9-13(20)18-15(22)19-16(2,3)4/h6-8,17H,9H2,1-5H3,(H2,18,19,20,22). The Morgan fingerprint density at radius 1 is 1.17 bits per heavy atom. The van der Waals surface area contributed by atoms with Gasteiger partial charge in [0.2, 0.25) is 5.91 Å². The molecule has 0 heterocycles. The number of carbonyl (C=O) groups excluding carboxylic acids is 3. The van der Waals surface area contributed by atoms with Crippen molar-refractivity contribution >= 4 is 23.6 Å². The lowest BCUT2D eigenvalue weighted by Crippen LogP contribution is -2.49. The van der Waals surface area contributed by atoms with Gasteiger partial charge in [0.05, 0.1) is 19.2 Å². The number of ether oxygens (including phenoxy) is 1. The first kappa shape index (κ1) is 18.5. The van der Waals surface area contributed by atoms with Gasteiger partial charge in [0.1, 0.15) is 0 Å². The predicted molar refractivity (Wildman–Crippen MR) is 87.4 cm³/mol. The van der Waals surface area contributed by atoms with Crippen molar-refractivity contribution < 1.29 is 19.1 Å². The maximum Gasteiger partial charge on any atom is 0.337 e. The molecule has 0 aromatic heterocycles. The maximum atomic E-state index is 11.8. The Labute approximate surface area is 135 Å². The summed E-state index contributed by atoms with van der Waals surface area (Å²) in [4.78, 5) is 34.9. The number of amides is 3. The van der Waals surface area contributed by atoms with E-state index in [2.05, 4.69) is 20.7 Å². The number of methoxy groups -OCH3 is 1. The minimum absolute atomic E-state index is 0.0942. The van der Waals surface area contributed by atoms with E-state index in [1.54, 1.807) is 18.2 Å². The zero-order valence-electron chi connectivity index (χ0n) is 14.1. The number of hydrogen-bond donors (Lipinski definition) is 3. The molecule has 0 saturated carbocycles. The van der Waals surface area contributed by atoms with Gasteiger partial charge >= 0.3 is 12.0 Å². The highest BCUT2D eigenvalue weighted by atomic mass is 16.5. The summed E-state index contributed by atoms with van der Waals surface area (Å²) in [6, 6.07) is 4.44. The minimum Gasteiger partial charge on any atom is -0.465 e. The van der Waals surface area contributed by atoms with Crippen LogP contribution in [0.15, 0.2) is 18.2 Å². The normalized spacial score (nSPS) is 10.7. The van der Waals surface area contributed by atoms with Gasteiger partial charge in [0.25, 0.3) is 0 Å². The first-order valence-electron chi connectivity index (χ1n) is 7.17. The first-order chi connectivity index (χ1) is 10.6. The Hall–Kier alpha value is -2.57. The average molecular weight is 321 g/mol. The Morgan fingerprint density at radius 2 is 1.83 bits per heavy atom. The second kappa shape index (κ2) is 7.62. The number of nitrogens with one attached hydrogen (secondary N) is 3. The van der Waals surface area contributed by atoms with Crippen molar-refractivity contribution in [2.24, 2.45) is 0 Å². The van der Waals surface area contributed by atoms with Crippen LogP contribution in [-0.4, -0.2) is 37.1 Å². The van der Waals surface area contributed by atoms with E-state index in [1.807, 2.05) is 27.7 Å². The fraction of sp³-hybridized carbons (Fsp3) is 0.438. The zero-order chi connectivity index (χ0) is 17.6. The summed E-state index contributed by atoms with van der Waals surface area (Å²) in [7, 11) is 1.30. The van der Waals surface area contributed by atoms with E-state index >= 15 is 0 Å². The zero-order valence-corrected chi connectivity index (χ0v) is 14.1. The van der Waals surface area contributed by atoms with Crippen LogP contribution in [-0.2, 0) is 9.53 Å². The van der Waals surface area contributed by atoms with Crippen LogP contribution in [0.1, 0.15) is 36.7 Å². The van der Waals surface area contributed by atoms with Gasteiger partial charge in [-0.2, -0.15) is 0 Å². The lowest BCUT2D eigenvalue weighted by Gasteiger charge is -2.20. The Balaban J connectivity index is 2.62. The maximum absolute atomic E-state index is 11.8. The first-order valence-corrected chi connectivity index (χ1v) is 7.17. The summed E-state index contributed by atoms with van der Waals surface area (Å²) < 4.78 is 4.66. The van der Waals surface area contributed by atoms with E-state index in [9.17, 15) is 14.4 Å². The second-order valence-electron chi connectivity index (χ2n) is 6.13. The van der Waals surface area contributed by atoms with E-state index in [4.69, 9.17) is 0 Å². The number of esters is 1. The summed E-state index contributed by atoms with van der Waals surface area (Å²) in [6.07, 6.45) is 0. The van der Waals surface area contributed by atoms with Gasteiger partial charge in [-0.1, -0.05) is 6.07 Å². The average Bonchev–Trinajstić information content (AvgIpc) is 2.43. The third-order valence-corrected chi connectivity index (χ3v) is 2.84. The molecular formula is C16H23N3O4. The summed E-state index contributed by atoms with van der Waals surface area (Å²) >= 11 is 0. The van der Waals surface area contributed by atoms with E-state index in [0.717, 1.165) is 5.56 Å². The summed E-state index contributed by atoms with van der Waals surface area (Å²) in [6.45, 7) is 7.20. The lowest BCUT2D eigenvalue weighted by atomic mass is 10.1. The molecule has 1 aromatic carbocycles. The quantitative estimate of drug-likeness (QED) is 0.735. The fourth-order valence-corrected chi connectivity index (χ4v) is 1.78. The van der Waals surface area contributed by atoms with Crippen LogP contribution in [0.5, 0.6) is 0 Å². The van der Waals surface area contributed by atoms with Crippen LogP contribution in [0.3, 0.4) is 0 Å². The highest BCUT2D eigenvalue weighted by Gasteiger charge is 2.15. The van der Waals surface area contributed by atoms with E-state index < -0.39 is 23.4 Å². The molecule has 23 heavy (non-hydrogen) atoms. The molecule has 0 saturated heterocycles. The fourth-order valence-electron chi connectivity index (χ4n) is 1.78. The molecule has 1 aromatic rings. The van der Waals surface area contributed by atoms with Gasteiger partial charge in [0.15, 0.2) is 0 Å². The Morgan fingerprint density at radius 3 is 2.39 bits per heavy atom. The molecule has 7 nitrogen and oxygen atoms in total. The van der Waals surface area contributed by atoms with Crippen molar-refractivity contribution in [3.8, 4) is 0 Å². The molecule has 1 rings (SSSR count). The van der Waals surface area contributed by atoms with Gasteiger partial charge in [-0.05, 0) is 45.4 Å². The molecule has 0 unspecified atom stereocenters. The molecule has 7 heteroatoms. The number of carbonyl (C=O) groups is 3.